The monoisotopic (exact) mass is 359 g/mol. The van der Waals surface area contributed by atoms with Crippen molar-refractivity contribution in [2.75, 3.05) is 7.05 Å². The second kappa shape index (κ2) is 14.0. The van der Waals surface area contributed by atoms with Crippen molar-refractivity contribution in [2.45, 2.75) is 97.9 Å². The van der Waals surface area contributed by atoms with Gasteiger partial charge in [0.1, 0.15) is 0 Å². The third-order valence-electron chi connectivity index (χ3n) is 5.17. The molecular weight excluding hydrogens is 314 g/mol. The second-order valence-corrected chi connectivity index (χ2v) is 8.00. The van der Waals surface area contributed by atoms with Crippen molar-refractivity contribution in [1.82, 2.24) is 5.32 Å². The maximum Gasteiger partial charge on any atom is 0.0328 e. The smallest absolute Gasteiger partial charge is 0.0328 e. The fraction of sp³-hybridized carbons (Fsp3) is 0.680. The zero-order valence-electron chi connectivity index (χ0n) is 18.7. The van der Waals surface area contributed by atoms with Crippen molar-refractivity contribution in [2.24, 2.45) is 5.92 Å². The van der Waals surface area contributed by atoms with Crippen LogP contribution in [-0.2, 0) is 5.41 Å². The zero-order chi connectivity index (χ0) is 20.0. The molecule has 0 bridgehead atoms. The molecular formula is C25H45N. The van der Waals surface area contributed by atoms with Crippen LogP contribution < -0.4 is 5.32 Å². The lowest BCUT2D eigenvalue weighted by Gasteiger charge is -2.30. The lowest BCUT2D eigenvalue weighted by atomic mass is 9.74. The van der Waals surface area contributed by atoms with E-state index in [9.17, 15) is 0 Å². The van der Waals surface area contributed by atoms with Gasteiger partial charge in [-0.05, 0) is 55.7 Å². The van der Waals surface area contributed by atoms with Crippen LogP contribution in [0.2, 0.25) is 0 Å². The highest BCUT2D eigenvalue weighted by Gasteiger charge is 2.41. The van der Waals surface area contributed by atoms with Crippen molar-refractivity contribution < 1.29 is 0 Å². The first-order chi connectivity index (χ1) is 12.5. The maximum atomic E-state index is 3.49. The van der Waals surface area contributed by atoms with Crippen molar-refractivity contribution in [3.63, 3.8) is 0 Å². The van der Waals surface area contributed by atoms with Crippen molar-refractivity contribution in [1.29, 1.82) is 0 Å². The molecule has 26 heavy (non-hydrogen) atoms. The van der Waals surface area contributed by atoms with Gasteiger partial charge < -0.3 is 5.32 Å². The molecule has 1 nitrogen and oxygen atoms in total. The van der Waals surface area contributed by atoms with Gasteiger partial charge in [0, 0.05) is 6.04 Å². The van der Waals surface area contributed by atoms with E-state index in [1.807, 2.05) is 6.92 Å². The van der Waals surface area contributed by atoms with Crippen LogP contribution in [0.4, 0.5) is 0 Å². The van der Waals surface area contributed by atoms with Gasteiger partial charge >= 0.3 is 0 Å². The molecule has 0 fully saturated rings. The number of rotatable bonds is 7. The summed E-state index contributed by atoms with van der Waals surface area (Å²) in [6.07, 6.45) is 11.0. The number of hydrogen-bond acceptors (Lipinski definition) is 1. The van der Waals surface area contributed by atoms with Crippen LogP contribution in [0.1, 0.15) is 104 Å². The van der Waals surface area contributed by atoms with E-state index in [4.69, 9.17) is 0 Å². The second-order valence-electron chi connectivity index (χ2n) is 8.00. The van der Waals surface area contributed by atoms with E-state index in [2.05, 4.69) is 77.8 Å². The summed E-state index contributed by atoms with van der Waals surface area (Å²) in [5.74, 6) is 0.898. The van der Waals surface area contributed by atoms with E-state index in [1.54, 1.807) is 11.6 Å². The predicted octanol–water partition coefficient (Wildman–Crippen LogP) is 7.82. The molecule has 0 aromatic heterocycles. The normalized spacial score (nSPS) is 16.8. The largest absolute Gasteiger partial charge is 0.313 e. The molecule has 0 saturated heterocycles. The fourth-order valence-corrected chi connectivity index (χ4v) is 4.28. The Morgan fingerprint density at radius 3 is 2.04 bits per heavy atom. The summed E-state index contributed by atoms with van der Waals surface area (Å²) in [4.78, 5) is 0. The summed E-state index contributed by atoms with van der Waals surface area (Å²) in [6.45, 7) is 16.6. The Balaban J connectivity index is 0.000000584. The summed E-state index contributed by atoms with van der Waals surface area (Å²) in [6, 6.07) is 9.61. The maximum absolute atomic E-state index is 3.49. The van der Waals surface area contributed by atoms with Crippen molar-refractivity contribution >= 4 is 0 Å². The highest BCUT2D eigenvalue weighted by atomic mass is 14.9. The van der Waals surface area contributed by atoms with Gasteiger partial charge in [0.05, 0.1) is 0 Å². The van der Waals surface area contributed by atoms with Crippen LogP contribution in [0.5, 0.6) is 0 Å². The molecule has 1 aromatic carbocycles. The van der Waals surface area contributed by atoms with Gasteiger partial charge in [-0.25, -0.2) is 0 Å². The van der Waals surface area contributed by atoms with Crippen LogP contribution in [0, 0.1) is 5.92 Å². The summed E-state index contributed by atoms with van der Waals surface area (Å²) in [5.41, 5.74) is 3.59. The van der Waals surface area contributed by atoms with Crippen LogP contribution in [-0.4, -0.2) is 7.05 Å². The highest BCUT2D eigenvalue weighted by Crippen LogP contribution is 2.50. The Hall–Kier alpha value is -1.08. The molecule has 0 aliphatic heterocycles. The Kier molecular flexibility index (Phi) is 13.5. The molecule has 1 N–H and O–H groups in total. The third-order valence-corrected chi connectivity index (χ3v) is 5.17. The lowest BCUT2D eigenvalue weighted by Crippen LogP contribution is -2.24. The van der Waals surface area contributed by atoms with E-state index in [0.29, 0.717) is 11.5 Å². The van der Waals surface area contributed by atoms with E-state index in [-0.39, 0.29) is 0 Å². The Labute approximate surface area is 164 Å². The van der Waals surface area contributed by atoms with E-state index in [1.165, 1.54) is 50.5 Å². The SMILES string of the molecule is C=CC.CCCC(C)C.CCCC1(CCC)CC(NC)c2ccccc21. The number of fused-ring (bicyclic) bond motifs is 1. The number of nitrogens with one attached hydrogen (secondary N) is 1. The highest BCUT2D eigenvalue weighted by molar-refractivity contribution is 5.42. The Morgan fingerprint density at radius 2 is 1.65 bits per heavy atom. The molecule has 1 unspecified atom stereocenters. The van der Waals surface area contributed by atoms with E-state index < -0.39 is 0 Å². The van der Waals surface area contributed by atoms with Gasteiger partial charge in [0.25, 0.3) is 0 Å². The molecule has 1 aromatic rings. The predicted molar refractivity (Wildman–Crippen MR) is 120 cm³/mol. The Bertz CT molecular complexity index is 469. The number of allylic oxidation sites excluding steroid dienone is 1. The molecule has 0 radical (unpaired) electrons. The average Bonchev–Trinajstić information content (AvgIpc) is 2.91. The molecule has 0 spiro atoms. The average molecular weight is 360 g/mol. The van der Waals surface area contributed by atoms with Gasteiger partial charge in [0.15, 0.2) is 0 Å². The molecule has 1 aliphatic carbocycles. The molecule has 0 heterocycles. The molecule has 0 amide bonds. The molecule has 1 aliphatic rings. The minimum atomic E-state index is 0.438. The van der Waals surface area contributed by atoms with Crippen LogP contribution in [0.3, 0.4) is 0 Å². The van der Waals surface area contributed by atoms with Gasteiger partial charge in [0.2, 0.25) is 0 Å². The summed E-state index contributed by atoms with van der Waals surface area (Å²) >= 11 is 0. The summed E-state index contributed by atoms with van der Waals surface area (Å²) in [5, 5.41) is 3.49. The number of benzene rings is 1. The van der Waals surface area contributed by atoms with Crippen LogP contribution >= 0.6 is 0 Å². The fourth-order valence-electron chi connectivity index (χ4n) is 4.28. The molecule has 0 saturated carbocycles. The van der Waals surface area contributed by atoms with Crippen LogP contribution in [0.15, 0.2) is 36.9 Å². The first-order valence-electron chi connectivity index (χ1n) is 10.8. The summed E-state index contributed by atoms with van der Waals surface area (Å²) < 4.78 is 0. The summed E-state index contributed by atoms with van der Waals surface area (Å²) in [7, 11) is 2.09. The van der Waals surface area contributed by atoms with Gasteiger partial charge in [-0.1, -0.05) is 90.6 Å². The molecule has 1 heteroatoms. The first-order valence-corrected chi connectivity index (χ1v) is 10.8. The minimum absolute atomic E-state index is 0.438. The third kappa shape index (κ3) is 7.66. The number of hydrogen-bond donors (Lipinski definition) is 1. The van der Waals surface area contributed by atoms with Crippen molar-refractivity contribution in [3.8, 4) is 0 Å². The van der Waals surface area contributed by atoms with Crippen LogP contribution in [0.25, 0.3) is 0 Å². The molecule has 2 rings (SSSR count). The quantitative estimate of drug-likeness (QED) is 0.489. The lowest BCUT2D eigenvalue weighted by molar-refractivity contribution is 0.326. The van der Waals surface area contributed by atoms with Gasteiger partial charge in [-0.3, -0.25) is 0 Å². The standard InChI is InChI=1S/C16H25N.C6H14.C3H6/c1-4-10-16(11-5-2)12-15(17-3)13-8-6-7-9-14(13)16;1-4-5-6(2)3;1-3-2/h6-9,15,17H,4-5,10-12H2,1-3H3;6H,4-5H2,1-3H3;3H,1H2,2H3. The van der Waals surface area contributed by atoms with E-state index >= 15 is 0 Å². The molecule has 150 valence electrons. The Morgan fingerprint density at radius 1 is 1.12 bits per heavy atom. The topological polar surface area (TPSA) is 12.0 Å². The van der Waals surface area contributed by atoms with Crippen molar-refractivity contribution in [3.05, 3.63) is 48.0 Å². The van der Waals surface area contributed by atoms with Gasteiger partial charge in [-0.2, -0.15) is 0 Å². The van der Waals surface area contributed by atoms with E-state index in [0.717, 1.165) is 5.92 Å². The molecule has 1 atom stereocenters. The zero-order valence-corrected chi connectivity index (χ0v) is 18.7. The van der Waals surface area contributed by atoms with Gasteiger partial charge in [-0.15, -0.1) is 6.58 Å². The first kappa shape index (κ1) is 24.9. The minimum Gasteiger partial charge on any atom is -0.313 e.